The fourth-order valence-electron chi connectivity index (χ4n) is 0.286. The molecule has 1 aromatic heterocycles. The van der Waals surface area contributed by atoms with Crippen molar-refractivity contribution < 1.29 is 4.79 Å². The largest absolute Gasteiger partial charge is 0.431 e. The van der Waals surface area contributed by atoms with Gasteiger partial charge in [0.2, 0.25) is 6.33 Å². The van der Waals surface area contributed by atoms with Gasteiger partial charge in [0.25, 0.3) is 0 Å². The highest BCUT2D eigenvalue weighted by Crippen LogP contribution is 1.71. The van der Waals surface area contributed by atoms with Crippen LogP contribution in [0, 0.1) is 0 Å². The van der Waals surface area contributed by atoms with E-state index in [0.29, 0.717) is 0 Å². The molecule has 0 atom stereocenters. The number of nitrogen functional groups attached to an aromatic ring is 2. The fraction of sp³-hybridized carbons (Fsp3) is 0. The standard InChI is InChI=1S/C2H5N5/c3-2-5-1-6-7(2)4/h1H,4H2,(H2,3,5,6)/p+1. The lowest BCUT2D eigenvalue weighted by Gasteiger charge is -1.77. The zero-order chi connectivity index (χ0) is 5.28. The van der Waals surface area contributed by atoms with Crippen LogP contribution in [0.1, 0.15) is 0 Å². The Bertz CT molecular complexity index is 138. The van der Waals surface area contributed by atoms with Gasteiger partial charge < -0.3 is 0 Å². The normalized spacial score (nSPS) is 9.14. The van der Waals surface area contributed by atoms with Crippen LogP contribution in [0.4, 0.5) is 5.95 Å². The molecular formula is C2H6N5+. The van der Waals surface area contributed by atoms with Crippen molar-refractivity contribution in [1.29, 1.82) is 0 Å². The Labute approximate surface area is 39.9 Å². The molecule has 0 aliphatic heterocycles. The second kappa shape index (κ2) is 1.11. The van der Waals surface area contributed by atoms with Crippen LogP contribution in [0.3, 0.4) is 0 Å². The summed E-state index contributed by atoms with van der Waals surface area (Å²) in [5.41, 5.74) is 5.14. The number of rotatable bonds is 0. The van der Waals surface area contributed by atoms with Crippen molar-refractivity contribution in [2.45, 2.75) is 0 Å². The second-order valence-corrected chi connectivity index (χ2v) is 1.12. The molecule has 5 N–H and O–H groups in total. The van der Waals surface area contributed by atoms with E-state index in [-0.39, 0.29) is 5.95 Å². The predicted octanol–water partition coefficient (Wildman–Crippen LogP) is -2.01. The van der Waals surface area contributed by atoms with Gasteiger partial charge in [0.1, 0.15) is 0 Å². The maximum atomic E-state index is 5.14. The van der Waals surface area contributed by atoms with Gasteiger partial charge in [-0.05, 0) is 0 Å². The lowest BCUT2D eigenvalue weighted by Crippen LogP contribution is -2.48. The molecular weight excluding hydrogens is 94.1 g/mol. The van der Waals surface area contributed by atoms with E-state index < -0.39 is 0 Å². The van der Waals surface area contributed by atoms with Crippen molar-refractivity contribution >= 4 is 5.95 Å². The van der Waals surface area contributed by atoms with Gasteiger partial charge >= 0.3 is 5.95 Å². The Balaban J connectivity index is 3.12. The summed E-state index contributed by atoms with van der Waals surface area (Å²) in [6.45, 7) is 0. The number of anilines is 1. The summed E-state index contributed by atoms with van der Waals surface area (Å²) in [7, 11) is 0. The highest BCUT2D eigenvalue weighted by Gasteiger charge is 1.98. The van der Waals surface area contributed by atoms with Crippen molar-refractivity contribution in [3.63, 3.8) is 0 Å². The van der Waals surface area contributed by atoms with Crippen LogP contribution in [-0.4, -0.2) is 10.1 Å². The van der Waals surface area contributed by atoms with Crippen LogP contribution >= 0.6 is 0 Å². The molecule has 0 radical (unpaired) electrons. The van der Waals surface area contributed by atoms with Crippen molar-refractivity contribution in [1.82, 2.24) is 10.1 Å². The van der Waals surface area contributed by atoms with E-state index in [1.54, 1.807) is 0 Å². The maximum Gasteiger partial charge on any atom is 0.431 e. The quantitative estimate of drug-likeness (QED) is 0.260. The molecule has 1 rings (SSSR count). The molecule has 0 aliphatic rings. The molecule has 0 spiro atoms. The SMILES string of the molecule is Nc1nc[nH][n+]1N. The van der Waals surface area contributed by atoms with Gasteiger partial charge in [-0.2, -0.15) is 5.10 Å². The van der Waals surface area contributed by atoms with Crippen LogP contribution in [0.2, 0.25) is 0 Å². The van der Waals surface area contributed by atoms with Gasteiger partial charge in [-0.3, -0.25) is 11.6 Å². The van der Waals surface area contributed by atoms with Gasteiger partial charge in [-0.15, -0.1) is 0 Å². The van der Waals surface area contributed by atoms with Crippen LogP contribution in [0.5, 0.6) is 0 Å². The number of aromatic nitrogens is 3. The maximum absolute atomic E-state index is 5.14. The monoisotopic (exact) mass is 100 g/mol. The zero-order valence-corrected chi connectivity index (χ0v) is 3.63. The molecule has 7 heavy (non-hydrogen) atoms. The van der Waals surface area contributed by atoms with Gasteiger partial charge in [0.05, 0.1) is 0 Å². The summed E-state index contributed by atoms with van der Waals surface area (Å²) >= 11 is 0. The highest BCUT2D eigenvalue weighted by atomic mass is 15.5. The molecule has 0 saturated carbocycles. The Morgan fingerprint density at radius 2 is 2.57 bits per heavy atom. The van der Waals surface area contributed by atoms with Gasteiger partial charge in [0.15, 0.2) is 0 Å². The number of aromatic amines is 1. The number of nitrogens with two attached hydrogens (primary N) is 2. The second-order valence-electron chi connectivity index (χ2n) is 1.12. The van der Waals surface area contributed by atoms with E-state index in [9.17, 15) is 0 Å². The molecule has 0 bridgehead atoms. The summed E-state index contributed by atoms with van der Waals surface area (Å²) in [4.78, 5) is 4.70. The molecule has 0 aliphatic carbocycles. The van der Waals surface area contributed by atoms with Gasteiger partial charge in [0, 0.05) is 0 Å². The first-order valence-electron chi connectivity index (χ1n) is 1.76. The topological polar surface area (TPSA) is 84.6 Å². The number of hydrogen-bond acceptors (Lipinski definition) is 3. The number of nitrogens with zero attached hydrogens (tertiary/aromatic N) is 2. The van der Waals surface area contributed by atoms with Crippen molar-refractivity contribution in [3.05, 3.63) is 6.33 Å². The molecule has 38 valence electrons. The summed E-state index contributed by atoms with van der Waals surface area (Å²) in [5.74, 6) is 5.39. The van der Waals surface area contributed by atoms with E-state index in [1.807, 2.05) is 0 Å². The number of H-pyrrole nitrogens is 1. The third kappa shape index (κ3) is 0.466. The van der Waals surface area contributed by atoms with E-state index in [2.05, 4.69) is 10.1 Å². The molecule has 1 aromatic rings. The lowest BCUT2D eigenvalue weighted by atomic mass is 11.1. The van der Waals surface area contributed by atoms with Crippen molar-refractivity contribution in [2.24, 2.45) is 0 Å². The van der Waals surface area contributed by atoms with Crippen molar-refractivity contribution in [3.8, 4) is 0 Å². The molecule has 0 aromatic carbocycles. The first kappa shape index (κ1) is 3.91. The van der Waals surface area contributed by atoms with Gasteiger partial charge in [-0.25, -0.2) is 0 Å². The smallest absolute Gasteiger partial charge is 0.284 e. The Morgan fingerprint density at radius 1 is 1.86 bits per heavy atom. The first-order chi connectivity index (χ1) is 3.30. The average molecular weight is 100 g/mol. The predicted molar refractivity (Wildman–Crippen MR) is 23.3 cm³/mol. The third-order valence-electron chi connectivity index (χ3n) is 0.640. The molecule has 0 saturated heterocycles. The number of hydrogen-bond donors (Lipinski definition) is 3. The summed E-state index contributed by atoms with van der Waals surface area (Å²) in [6.07, 6.45) is 1.41. The average Bonchev–Trinajstić information content (AvgIpc) is 1.91. The zero-order valence-electron chi connectivity index (χ0n) is 3.63. The fourth-order valence-corrected chi connectivity index (χ4v) is 0.286. The molecule has 1 heterocycles. The summed E-state index contributed by atoms with van der Waals surface area (Å²) in [5, 5.41) is 2.53. The minimum Gasteiger partial charge on any atom is -0.284 e. The Kier molecular flexibility index (Phi) is 0.619. The van der Waals surface area contributed by atoms with Crippen LogP contribution in [0.25, 0.3) is 0 Å². The molecule has 5 nitrogen and oxygen atoms in total. The third-order valence-corrected chi connectivity index (χ3v) is 0.640. The van der Waals surface area contributed by atoms with Crippen molar-refractivity contribution in [2.75, 3.05) is 11.6 Å². The Morgan fingerprint density at radius 3 is 2.71 bits per heavy atom. The molecule has 0 fully saturated rings. The molecule has 0 amide bonds. The lowest BCUT2D eigenvalue weighted by molar-refractivity contribution is -0.683. The summed E-state index contributed by atoms with van der Waals surface area (Å²) < 4.78 is 0. The minimum absolute atomic E-state index is 0.278. The summed E-state index contributed by atoms with van der Waals surface area (Å²) in [6, 6.07) is 0. The number of nitrogens with one attached hydrogen (secondary N) is 1. The van der Waals surface area contributed by atoms with E-state index in [0.717, 1.165) is 4.79 Å². The van der Waals surface area contributed by atoms with E-state index in [1.165, 1.54) is 6.33 Å². The Hall–Kier alpha value is -1.26. The van der Waals surface area contributed by atoms with E-state index >= 15 is 0 Å². The first-order valence-corrected chi connectivity index (χ1v) is 1.76. The molecule has 5 heteroatoms. The highest BCUT2D eigenvalue weighted by molar-refractivity contribution is 4.99. The van der Waals surface area contributed by atoms with Crippen LogP contribution in [-0.2, 0) is 0 Å². The minimum atomic E-state index is 0.278. The van der Waals surface area contributed by atoms with Gasteiger partial charge in [-0.1, -0.05) is 9.77 Å². The van der Waals surface area contributed by atoms with E-state index in [4.69, 9.17) is 11.6 Å². The molecule has 0 unspecified atom stereocenters. The van der Waals surface area contributed by atoms with Crippen LogP contribution < -0.4 is 16.4 Å². The van der Waals surface area contributed by atoms with Crippen LogP contribution in [0.15, 0.2) is 6.33 Å².